The smallest absolute Gasteiger partial charge is 0.0725 e. The van der Waals surface area contributed by atoms with Crippen molar-refractivity contribution < 1.29 is 0 Å². The number of benzene rings is 20. The molecule has 0 fully saturated rings. The van der Waals surface area contributed by atoms with E-state index in [9.17, 15) is 0 Å². The second-order valence-corrected chi connectivity index (χ2v) is 34.6. The second-order valence-electron chi connectivity index (χ2n) is 34.6. The van der Waals surface area contributed by atoms with Gasteiger partial charge in [-0.3, -0.25) is 0 Å². The SMILES string of the molecule is c1ccc(-c2ccc(-n3c4ccccc4c4cc5c(cc43)-c3ccccc3C53c4ccccc4-c4ccccc43)cc2)cc1.c1ccc(-c2cccc(-n3c4ccccc4c4cc5c(cc43)-c3ccccc3C53c4ccccc4-c4ccccc43)c2)cc1.c1ccc(-n2c3ccccc3c3cc4c(cc32)-c2ccccc2C42c3ccccc3-c3ccccc32)cc1. The Morgan fingerprint density at radius 2 is 0.341 bits per heavy atom. The summed E-state index contributed by atoms with van der Waals surface area (Å²) in [7, 11) is 0. The van der Waals surface area contributed by atoms with E-state index in [0.29, 0.717) is 0 Å². The highest BCUT2D eigenvalue weighted by Gasteiger charge is 2.55. The van der Waals surface area contributed by atoms with Gasteiger partial charge in [0.2, 0.25) is 0 Å². The summed E-state index contributed by atoms with van der Waals surface area (Å²) in [6.45, 7) is 0. The third kappa shape index (κ3) is 9.50. The lowest BCUT2D eigenvalue weighted by Crippen LogP contribution is -2.25. The Kier molecular flexibility index (Phi) is 15.0. The van der Waals surface area contributed by atoms with Crippen LogP contribution in [0.2, 0.25) is 0 Å². The summed E-state index contributed by atoms with van der Waals surface area (Å²) in [6.07, 6.45) is 0. The van der Waals surface area contributed by atoms with Gasteiger partial charge in [0, 0.05) is 49.4 Å². The van der Waals surface area contributed by atoms with Crippen molar-refractivity contribution in [3.05, 3.63) is 534 Å². The molecular formula is C123H77N3. The van der Waals surface area contributed by atoms with Crippen molar-refractivity contribution in [2.24, 2.45) is 0 Å². The van der Waals surface area contributed by atoms with Gasteiger partial charge in [0.15, 0.2) is 0 Å². The Morgan fingerprint density at radius 1 is 0.119 bits per heavy atom. The standard InChI is InChI=1S/2C43H27N.C37H23N/c1-2-13-28(14-3-1)29-15-12-16-30(25-29)44-41-24-11-7-20-34(41)36-26-40-35(27-42(36)44)33-19-6-10-23-39(33)43(40)37-21-8-4-17-31(37)32-18-5-9-22-38(32)43;1-2-12-28(13-3-1)29-22-24-30(25-23-29)44-41-21-11-7-17-34(41)36-26-40-35(27-42(36)44)33-16-6-10-20-39(33)43(40)37-18-8-4-14-31(37)32-15-5-9-19-38(32)43;1-2-12-24(13-3-1)38-35-21-11-7-17-28(35)30-22-34-29(23-36(30)38)27-16-6-10-20-33(27)37(34)31-18-8-4-14-25(31)26-15-5-9-19-32(26)37/h2*1-27H;1-23H. The Labute approximate surface area is 730 Å². The van der Waals surface area contributed by atoms with Crippen LogP contribution < -0.4 is 0 Å². The fraction of sp³-hybridized carbons (Fsp3) is 0.0244. The largest absolute Gasteiger partial charge is 0.309 e. The normalized spacial score (nSPS) is 13.7. The molecule has 584 valence electrons. The first-order chi connectivity index (χ1) is 62.5. The lowest BCUT2D eigenvalue weighted by molar-refractivity contribution is 0.795. The van der Waals surface area contributed by atoms with E-state index >= 15 is 0 Å². The molecular weight excluding hydrogens is 1520 g/mol. The number of hydrogen-bond acceptors (Lipinski definition) is 0. The summed E-state index contributed by atoms with van der Waals surface area (Å²) in [5.41, 5.74) is 47.5. The quantitative estimate of drug-likeness (QED) is 0.163. The molecule has 0 saturated heterocycles. The molecule has 0 unspecified atom stereocenters. The van der Waals surface area contributed by atoms with Crippen molar-refractivity contribution in [2.45, 2.75) is 16.2 Å². The van der Waals surface area contributed by atoms with Gasteiger partial charge in [-0.05, 0) is 247 Å². The summed E-state index contributed by atoms with van der Waals surface area (Å²) in [5.74, 6) is 0. The fourth-order valence-electron chi connectivity index (χ4n) is 24.0. The number of rotatable bonds is 5. The van der Waals surface area contributed by atoms with Gasteiger partial charge in [-0.15, -0.1) is 0 Å². The molecule has 0 atom stereocenters. The van der Waals surface area contributed by atoms with E-state index < -0.39 is 0 Å². The van der Waals surface area contributed by atoms with Crippen LogP contribution in [-0.4, -0.2) is 13.7 Å². The van der Waals surface area contributed by atoms with Crippen LogP contribution in [-0.2, 0) is 16.2 Å². The van der Waals surface area contributed by atoms with Crippen molar-refractivity contribution >= 4 is 65.4 Å². The van der Waals surface area contributed by atoms with Gasteiger partial charge in [-0.1, -0.05) is 376 Å². The molecule has 0 radical (unpaired) electrons. The molecule has 3 heterocycles. The molecule has 3 nitrogen and oxygen atoms in total. The molecule has 6 aliphatic carbocycles. The molecule has 0 amide bonds. The van der Waals surface area contributed by atoms with E-state index in [0.717, 1.165) is 0 Å². The zero-order valence-corrected chi connectivity index (χ0v) is 68.8. The minimum Gasteiger partial charge on any atom is -0.309 e. The van der Waals surface area contributed by atoms with Gasteiger partial charge in [-0.25, -0.2) is 0 Å². The highest BCUT2D eigenvalue weighted by atomic mass is 15.0. The number of para-hydroxylation sites is 4. The topological polar surface area (TPSA) is 14.8 Å². The summed E-state index contributed by atoms with van der Waals surface area (Å²) < 4.78 is 7.33. The van der Waals surface area contributed by atoms with Crippen LogP contribution in [0, 0.1) is 0 Å². The van der Waals surface area contributed by atoms with Gasteiger partial charge < -0.3 is 13.7 Å². The van der Waals surface area contributed by atoms with Crippen molar-refractivity contribution in [3.63, 3.8) is 0 Å². The summed E-state index contributed by atoms with van der Waals surface area (Å²) in [5, 5.41) is 7.74. The highest BCUT2D eigenvalue weighted by molar-refractivity contribution is 6.16. The molecule has 20 aromatic carbocycles. The minimum atomic E-state index is -0.344. The maximum atomic E-state index is 2.52. The monoisotopic (exact) mass is 1600 g/mol. The van der Waals surface area contributed by atoms with E-state index in [1.165, 1.54) is 238 Å². The molecule has 0 bridgehead atoms. The van der Waals surface area contributed by atoms with Crippen LogP contribution in [0.4, 0.5) is 0 Å². The van der Waals surface area contributed by atoms with Crippen molar-refractivity contribution in [1.29, 1.82) is 0 Å². The van der Waals surface area contributed by atoms with E-state index in [4.69, 9.17) is 0 Å². The Morgan fingerprint density at radius 3 is 0.659 bits per heavy atom. The van der Waals surface area contributed by atoms with Crippen molar-refractivity contribution in [3.8, 4) is 106 Å². The zero-order chi connectivity index (χ0) is 82.5. The third-order valence-electron chi connectivity index (χ3n) is 28.8. The maximum Gasteiger partial charge on any atom is 0.0725 e. The predicted octanol–water partition coefficient (Wildman–Crippen LogP) is 30.7. The average molecular weight is 1600 g/mol. The van der Waals surface area contributed by atoms with Gasteiger partial charge in [-0.2, -0.15) is 0 Å². The van der Waals surface area contributed by atoms with Crippen LogP contribution in [0.1, 0.15) is 66.8 Å². The number of hydrogen-bond donors (Lipinski definition) is 0. The third-order valence-corrected chi connectivity index (χ3v) is 28.8. The molecule has 0 aliphatic heterocycles. The van der Waals surface area contributed by atoms with E-state index in [2.05, 4.69) is 481 Å². The van der Waals surface area contributed by atoms with Crippen LogP contribution in [0.5, 0.6) is 0 Å². The van der Waals surface area contributed by atoms with Crippen LogP contribution in [0.3, 0.4) is 0 Å². The molecule has 0 N–H and O–H groups in total. The van der Waals surface area contributed by atoms with Crippen molar-refractivity contribution in [2.75, 3.05) is 0 Å². The molecule has 0 saturated carbocycles. The van der Waals surface area contributed by atoms with Gasteiger partial charge in [0.25, 0.3) is 0 Å². The number of fused-ring (bicyclic) bond motifs is 39. The molecule has 23 aromatic rings. The Hall–Kier alpha value is -16.2. The summed E-state index contributed by atoms with van der Waals surface area (Å²) in [6, 6.07) is 173. The molecule has 6 aliphatic rings. The van der Waals surface area contributed by atoms with Crippen LogP contribution >= 0.6 is 0 Å². The van der Waals surface area contributed by atoms with Crippen molar-refractivity contribution in [1.82, 2.24) is 13.7 Å². The van der Waals surface area contributed by atoms with Crippen LogP contribution in [0.15, 0.2) is 467 Å². The van der Waals surface area contributed by atoms with Gasteiger partial charge in [0.1, 0.15) is 0 Å². The first-order valence-corrected chi connectivity index (χ1v) is 44.0. The van der Waals surface area contributed by atoms with E-state index in [-0.39, 0.29) is 16.2 Å². The lowest BCUT2D eigenvalue weighted by atomic mass is 9.70. The van der Waals surface area contributed by atoms with Gasteiger partial charge in [0.05, 0.1) is 49.3 Å². The van der Waals surface area contributed by atoms with Crippen LogP contribution in [0.25, 0.3) is 171 Å². The second kappa shape index (κ2) is 26.9. The summed E-state index contributed by atoms with van der Waals surface area (Å²) >= 11 is 0. The first-order valence-electron chi connectivity index (χ1n) is 44.0. The van der Waals surface area contributed by atoms with E-state index in [1.54, 1.807) is 0 Å². The molecule has 3 spiro atoms. The molecule has 3 heteroatoms. The molecule has 126 heavy (non-hydrogen) atoms. The zero-order valence-electron chi connectivity index (χ0n) is 68.8. The molecule has 29 rings (SSSR count). The fourth-order valence-corrected chi connectivity index (χ4v) is 24.0. The lowest BCUT2D eigenvalue weighted by Gasteiger charge is -2.30. The number of nitrogens with zero attached hydrogens (tertiary/aromatic N) is 3. The number of aromatic nitrogens is 3. The molecule has 3 aromatic heterocycles. The minimum absolute atomic E-state index is 0.316. The highest BCUT2D eigenvalue weighted by Crippen LogP contribution is 2.68. The first kappa shape index (κ1) is 70.5. The Bertz CT molecular complexity index is 8390. The average Bonchev–Trinajstić information content (AvgIpc) is 1.51. The van der Waals surface area contributed by atoms with Gasteiger partial charge >= 0.3 is 0 Å². The maximum absolute atomic E-state index is 2.52. The Balaban J connectivity index is 0.0000000986. The summed E-state index contributed by atoms with van der Waals surface area (Å²) in [4.78, 5) is 0. The predicted molar refractivity (Wildman–Crippen MR) is 522 cm³/mol. The van der Waals surface area contributed by atoms with E-state index in [1.807, 2.05) is 0 Å².